The molecular weight excluding hydrogens is 513 g/mol. The van der Waals surface area contributed by atoms with Crippen molar-refractivity contribution < 1.29 is 17.6 Å². The monoisotopic (exact) mass is 545 g/mol. The average molecular weight is 546 g/mol. The molecule has 0 unspecified atom stereocenters. The van der Waals surface area contributed by atoms with E-state index in [0.29, 0.717) is 17.7 Å². The third-order valence-corrected chi connectivity index (χ3v) is 8.39. The van der Waals surface area contributed by atoms with E-state index in [4.69, 9.17) is 5.73 Å². The van der Waals surface area contributed by atoms with Crippen molar-refractivity contribution in [2.75, 3.05) is 13.1 Å². The highest BCUT2D eigenvalue weighted by Crippen LogP contribution is 2.26. The highest BCUT2D eigenvalue weighted by atomic mass is 32.2. The van der Waals surface area contributed by atoms with Crippen molar-refractivity contribution in [3.8, 4) is 11.1 Å². The van der Waals surface area contributed by atoms with Crippen LogP contribution in [-0.2, 0) is 27.9 Å². The van der Waals surface area contributed by atoms with Crippen LogP contribution in [-0.4, -0.2) is 31.7 Å². The normalized spacial score (nSPS) is 12.3. The number of carbonyl (C=O) groups is 1. The van der Waals surface area contributed by atoms with E-state index >= 15 is 0 Å². The fourth-order valence-corrected chi connectivity index (χ4v) is 5.86. The predicted octanol–water partition coefficient (Wildman–Crippen LogP) is 5.06. The van der Waals surface area contributed by atoms with Crippen molar-refractivity contribution in [3.05, 3.63) is 126 Å². The van der Waals surface area contributed by atoms with Crippen molar-refractivity contribution in [1.82, 2.24) is 9.62 Å². The molecule has 0 saturated heterocycles. The number of amides is 1. The summed E-state index contributed by atoms with van der Waals surface area (Å²) in [6.45, 7) is 2.34. The minimum Gasteiger partial charge on any atom is -0.351 e. The van der Waals surface area contributed by atoms with Crippen molar-refractivity contribution in [2.24, 2.45) is 5.73 Å². The first-order valence-electron chi connectivity index (χ1n) is 12.7. The maximum atomic E-state index is 14.2. The van der Waals surface area contributed by atoms with Crippen molar-refractivity contribution >= 4 is 15.9 Å². The van der Waals surface area contributed by atoms with Crippen LogP contribution in [0.5, 0.6) is 0 Å². The molecule has 0 bridgehead atoms. The fraction of sp³-hybridized carbons (Fsp3) is 0.194. The Morgan fingerprint density at radius 1 is 0.897 bits per heavy atom. The van der Waals surface area contributed by atoms with Gasteiger partial charge in [-0.05, 0) is 46.4 Å². The van der Waals surface area contributed by atoms with Gasteiger partial charge >= 0.3 is 0 Å². The lowest BCUT2D eigenvalue weighted by atomic mass is 10.0. The molecule has 4 aromatic carbocycles. The molecule has 0 aliphatic heterocycles. The van der Waals surface area contributed by atoms with E-state index in [2.05, 4.69) is 5.32 Å². The van der Waals surface area contributed by atoms with Gasteiger partial charge in [-0.25, -0.2) is 12.8 Å². The van der Waals surface area contributed by atoms with E-state index in [-0.39, 0.29) is 36.3 Å². The van der Waals surface area contributed by atoms with Crippen LogP contribution >= 0.6 is 0 Å². The molecule has 3 N–H and O–H groups in total. The smallest absolute Gasteiger partial charge is 0.243 e. The van der Waals surface area contributed by atoms with Crippen LogP contribution in [0, 0.1) is 5.82 Å². The number of sulfonamides is 1. The minimum atomic E-state index is -4.04. The molecular formula is C31H32FN3O3S. The third kappa shape index (κ3) is 7.17. The van der Waals surface area contributed by atoms with E-state index in [9.17, 15) is 17.6 Å². The molecule has 1 amide bonds. The molecule has 8 heteroatoms. The van der Waals surface area contributed by atoms with Gasteiger partial charge in [0.25, 0.3) is 0 Å². The van der Waals surface area contributed by atoms with Gasteiger partial charge in [0.2, 0.25) is 15.9 Å². The van der Waals surface area contributed by atoms with Gasteiger partial charge in [0.15, 0.2) is 0 Å². The number of hydrogen-bond donors (Lipinski definition) is 2. The molecule has 202 valence electrons. The molecule has 0 radical (unpaired) electrons. The summed E-state index contributed by atoms with van der Waals surface area (Å²) in [6, 6.07) is 29.5. The topological polar surface area (TPSA) is 92.5 Å². The van der Waals surface area contributed by atoms with Crippen LogP contribution in [0.15, 0.2) is 108 Å². The zero-order chi connectivity index (χ0) is 27.8. The van der Waals surface area contributed by atoms with E-state index in [1.807, 2.05) is 61.5 Å². The van der Waals surface area contributed by atoms with Crippen LogP contribution in [0.4, 0.5) is 4.39 Å². The lowest BCUT2D eigenvalue weighted by molar-refractivity contribution is -0.121. The second-order valence-corrected chi connectivity index (χ2v) is 11.4. The molecule has 0 aliphatic carbocycles. The number of carbonyl (C=O) groups excluding carboxylic acids is 1. The molecule has 0 aliphatic rings. The van der Waals surface area contributed by atoms with Gasteiger partial charge in [0.05, 0.1) is 11.4 Å². The highest BCUT2D eigenvalue weighted by molar-refractivity contribution is 7.89. The van der Waals surface area contributed by atoms with Crippen LogP contribution < -0.4 is 11.1 Å². The molecule has 1 atom stereocenters. The third-order valence-electron chi connectivity index (χ3n) is 6.56. The van der Waals surface area contributed by atoms with E-state index in [1.165, 1.54) is 22.5 Å². The molecule has 0 saturated carbocycles. The van der Waals surface area contributed by atoms with E-state index in [0.717, 1.165) is 16.7 Å². The van der Waals surface area contributed by atoms with Gasteiger partial charge in [-0.1, -0.05) is 91.9 Å². The summed E-state index contributed by atoms with van der Waals surface area (Å²) in [5.41, 5.74) is 9.44. The summed E-state index contributed by atoms with van der Waals surface area (Å²) in [4.78, 5) is 13.0. The van der Waals surface area contributed by atoms with Gasteiger partial charge < -0.3 is 11.1 Å². The second kappa shape index (κ2) is 12.8. The fourth-order valence-electron chi connectivity index (χ4n) is 4.37. The number of nitrogens with two attached hydrogens (primary N) is 1. The Labute approximate surface area is 229 Å². The molecule has 0 fully saturated rings. The van der Waals surface area contributed by atoms with Crippen LogP contribution in [0.2, 0.25) is 0 Å². The van der Waals surface area contributed by atoms with Gasteiger partial charge in [-0.3, -0.25) is 4.79 Å². The Hall–Kier alpha value is -3.85. The van der Waals surface area contributed by atoms with E-state index < -0.39 is 15.9 Å². The SMILES string of the molecule is C[C@@H](CN(CC(=O)NCc1cccc(CN)c1)S(=O)(=O)c1ccc(-c2ccccc2F)cc1)c1ccccc1. The molecule has 6 nitrogen and oxygen atoms in total. The highest BCUT2D eigenvalue weighted by Gasteiger charge is 2.28. The molecule has 39 heavy (non-hydrogen) atoms. The summed E-state index contributed by atoms with van der Waals surface area (Å²) >= 11 is 0. The van der Waals surface area contributed by atoms with E-state index in [1.54, 1.807) is 30.3 Å². The van der Waals surface area contributed by atoms with Gasteiger partial charge in [0.1, 0.15) is 5.82 Å². The lowest BCUT2D eigenvalue weighted by Gasteiger charge is -2.25. The Morgan fingerprint density at radius 3 is 2.26 bits per heavy atom. The summed E-state index contributed by atoms with van der Waals surface area (Å²) in [5, 5.41) is 2.83. The van der Waals surface area contributed by atoms with Crippen LogP contribution in [0.1, 0.15) is 29.5 Å². The van der Waals surface area contributed by atoms with Gasteiger partial charge in [-0.2, -0.15) is 4.31 Å². The maximum absolute atomic E-state index is 14.2. The zero-order valence-corrected chi connectivity index (χ0v) is 22.6. The Bertz CT molecular complexity index is 1510. The first kappa shape index (κ1) is 28.2. The number of halogens is 1. The maximum Gasteiger partial charge on any atom is 0.243 e. The summed E-state index contributed by atoms with van der Waals surface area (Å²) < 4.78 is 43.0. The predicted molar refractivity (Wildman–Crippen MR) is 152 cm³/mol. The Morgan fingerprint density at radius 2 is 1.56 bits per heavy atom. The standard InChI is InChI=1S/C31H32FN3O3S/c1-23(26-10-3-2-4-11-26)21-35(22-31(36)34-20-25-9-7-8-24(18-25)19-33)39(37,38)28-16-14-27(15-17-28)29-12-5-6-13-30(29)32/h2-18,23H,19-22,33H2,1H3,(H,34,36)/t23-/m0/s1. The van der Waals surface area contributed by atoms with Crippen molar-refractivity contribution in [3.63, 3.8) is 0 Å². The van der Waals surface area contributed by atoms with Gasteiger partial charge in [-0.15, -0.1) is 0 Å². The molecule has 0 aromatic heterocycles. The number of benzene rings is 4. The largest absolute Gasteiger partial charge is 0.351 e. The van der Waals surface area contributed by atoms with Crippen molar-refractivity contribution in [1.29, 1.82) is 0 Å². The molecule has 0 spiro atoms. The number of nitrogens with one attached hydrogen (secondary N) is 1. The molecule has 4 aromatic rings. The zero-order valence-electron chi connectivity index (χ0n) is 21.8. The summed E-state index contributed by atoms with van der Waals surface area (Å²) in [5.74, 6) is -0.965. The Kier molecular flexibility index (Phi) is 9.24. The second-order valence-electron chi connectivity index (χ2n) is 9.41. The molecule has 0 heterocycles. The summed E-state index contributed by atoms with van der Waals surface area (Å²) in [6.07, 6.45) is 0. The van der Waals surface area contributed by atoms with Crippen LogP contribution in [0.3, 0.4) is 0 Å². The number of rotatable bonds is 11. The first-order valence-corrected chi connectivity index (χ1v) is 14.2. The minimum absolute atomic E-state index is 0.0336. The number of hydrogen-bond acceptors (Lipinski definition) is 4. The number of nitrogens with zero attached hydrogens (tertiary/aromatic N) is 1. The Balaban J connectivity index is 1.56. The molecule has 4 rings (SSSR count). The van der Waals surface area contributed by atoms with Crippen molar-refractivity contribution in [2.45, 2.75) is 30.8 Å². The van der Waals surface area contributed by atoms with Gasteiger partial charge in [0, 0.05) is 25.2 Å². The van der Waals surface area contributed by atoms with Crippen LogP contribution in [0.25, 0.3) is 11.1 Å². The lowest BCUT2D eigenvalue weighted by Crippen LogP contribution is -2.42. The average Bonchev–Trinajstić information content (AvgIpc) is 2.96. The first-order chi connectivity index (χ1) is 18.8. The summed E-state index contributed by atoms with van der Waals surface area (Å²) in [7, 11) is -4.04. The quantitative estimate of drug-likeness (QED) is 0.276.